The lowest BCUT2D eigenvalue weighted by Gasteiger charge is -2.20. The topological polar surface area (TPSA) is 169 Å². The van der Waals surface area contributed by atoms with Gasteiger partial charge in [0.25, 0.3) is 0 Å². The van der Waals surface area contributed by atoms with E-state index in [2.05, 4.69) is 54.8 Å². The molecule has 1 unspecified atom stereocenters. The van der Waals surface area contributed by atoms with Crippen LogP contribution in [0.3, 0.4) is 0 Å². The van der Waals surface area contributed by atoms with Gasteiger partial charge in [-0.05, 0) is 63.7 Å². The summed E-state index contributed by atoms with van der Waals surface area (Å²) in [5.74, 6) is -0.175. The van der Waals surface area contributed by atoms with Gasteiger partial charge in [-0.25, -0.2) is 4.57 Å². The molecule has 0 aliphatic heterocycles. The van der Waals surface area contributed by atoms with Crippen LogP contribution in [0.4, 0.5) is 0 Å². The number of esters is 2. The van der Waals surface area contributed by atoms with Crippen molar-refractivity contribution in [3.05, 3.63) is 48.6 Å². The number of aliphatic hydroxyl groups excluding tert-OH is 3. The fraction of sp³-hybridized carbons (Fsp3) is 0.792. The summed E-state index contributed by atoms with van der Waals surface area (Å²) in [6, 6.07) is 0. The van der Waals surface area contributed by atoms with Gasteiger partial charge in [0.05, 0.1) is 25.9 Å². The summed E-state index contributed by atoms with van der Waals surface area (Å²) in [4.78, 5) is 35.1. The van der Waals surface area contributed by atoms with Gasteiger partial charge in [-0.15, -0.1) is 0 Å². The second-order valence-corrected chi connectivity index (χ2v) is 17.9. The van der Waals surface area contributed by atoms with Crippen molar-refractivity contribution in [1.29, 1.82) is 0 Å². The average molecular weight is 871 g/mol. The molecule has 0 aliphatic rings. The van der Waals surface area contributed by atoms with E-state index < -0.39 is 51.8 Å². The number of allylic oxidation sites excluding steroid dienone is 8. The summed E-state index contributed by atoms with van der Waals surface area (Å²) >= 11 is 0. The van der Waals surface area contributed by atoms with E-state index in [0.29, 0.717) is 19.3 Å². The Morgan fingerprint density at radius 1 is 0.550 bits per heavy atom. The van der Waals surface area contributed by atoms with Crippen LogP contribution in [-0.4, -0.2) is 76.9 Å². The van der Waals surface area contributed by atoms with Crippen LogP contribution in [-0.2, 0) is 32.7 Å². The fourth-order valence-corrected chi connectivity index (χ4v) is 7.06. The van der Waals surface area contributed by atoms with E-state index in [1.807, 2.05) is 19.1 Å². The molecule has 0 fully saturated rings. The number of phosphoric ester groups is 1. The molecule has 0 heterocycles. The first-order valence-corrected chi connectivity index (χ1v) is 25.0. The highest BCUT2D eigenvalue weighted by Crippen LogP contribution is 2.43. The molecule has 60 heavy (non-hydrogen) atoms. The minimum absolute atomic E-state index is 0.0951. The van der Waals surface area contributed by atoms with Crippen molar-refractivity contribution in [2.75, 3.05) is 26.4 Å². The maximum Gasteiger partial charge on any atom is 0.472 e. The van der Waals surface area contributed by atoms with Gasteiger partial charge in [0.2, 0.25) is 0 Å². The first-order chi connectivity index (χ1) is 29.0. The van der Waals surface area contributed by atoms with E-state index >= 15 is 0 Å². The third-order valence-electron chi connectivity index (χ3n) is 10.1. The molecule has 0 aromatic heterocycles. The summed E-state index contributed by atoms with van der Waals surface area (Å²) in [7, 11) is -4.64. The van der Waals surface area contributed by atoms with Crippen LogP contribution in [0.25, 0.3) is 0 Å². The molecular weight excluding hydrogens is 783 g/mol. The van der Waals surface area contributed by atoms with Crippen molar-refractivity contribution in [3.8, 4) is 0 Å². The summed E-state index contributed by atoms with van der Waals surface area (Å²) in [5.41, 5.74) is 0. The van der Waals surface area contributed by atoms with Crippen LogP contribution in [0.1, 0.15) is 194 Å². The monoisotopic (exact) mass is 871 g/mol. The molecule has 0 aromatic carbocycles. The standard InChI is InChI=1S/C48H87O11P/c1-4-44(50)36-32-28-24-20-16-12-9-10-14-18-22-26-30-34-38-48(53)59-46(42-58-60(54,55)57-40-45(51)39-49)41-56-47(52)37-33-29-25-21-17-13-8-6-5-7-11-15-19-23-27-31-35-43(2)3/h10,12,14,16,22,24,26,28,43-46,49-51H,4-9,11,13,15,17-21,23,25,27,29-42H2,1-3H3,(H,54,55)/b14-10-,16-12-,26-22-,28-24-/t44-,45+,46-/m1/s1. The highest BCUT2D eigenvalue weighted by atomic mass is 31.2. The van der Waals surface area contributed by atoms with Gasteiger partial charge in [-0.3, -0.25) is 18.6 Å². The zero-order valence-corrected chi connectivity index (χ0v) is 38.8. The van der Waals surface area contributed by atoms with Crippen molar-refractivity contribution < 1.29 is 52.9 Å². The predicted octanol–water partition coefficient (Wildman–Crippen LogP) is 11.7. The fourth-order valence-electron chi connectivity index (χ4n) is 6.27. The summed E-state index contributed by atoms with van der Waals surface area (Å²) in [6.07, 6.45) is 41.7. The molecule has 12 heteroatoms. The molecule has 11 nitrogen and oxygen atoms in total. The van der Waals surface area contributed by atoms with Gasteiger partial charge >= 0.3 is 19.8 Å². The SMILES string of the molecule is CC[C@@H](O)CC/C=C\C/C=C\C/C=C\C/C=C\CCCC(=O)O[C@H](COC(=O)CCCCCCCCCCCCCCCCCCC(C)C)COP(=O)(O)OC[C@@H](O)CO. The Hall–Kier alpha value is -2.11. The molecule has 350 valence electrons. The normalized spacial score (nSPS) is 14.8. The van der Waals surface area contributed by atoms with Gasteiger partial charge < -0.3 is 29.7 Å². The van der Waals surface area contributed by atoms with Crippen LogP contribution in [0.15, 0.2) is 48.6 Å². The largest absolute Gasteiger partial charge is 0.472 e. The Balaban J connectivity index is 4.32. The molecule has 0 saturated heterocycles. The van der Waals surface area contributed by atoms with Gasteiger partial charge in [-0.2, -0.15) is 0 Å². The van der Waals surface area contributed by atoms with Crippen LogP contribution in [0, 0.1) is 5.92 Å². The molecule has 0 amide bonds. The van der Waals surface area contributed by atoms with Crippen molar-refractivity contribution in [1.82, 2.24) is 0 Å². The van der Waals surface area contributed by atoms with Crippen molar-refractivity contribution in [2.24, 2.45) is 5.92 Å². The van der Waals surface area contributed by atoms with E-state index in [1.165, 1.54) is 83.5 Å². The predicted molar refractivity (Wildman–Crippen MR) is 243 cm³/mol. The average Bonchev–Trinajstić information content (AvgIpc) is 3.22. The Labute approximate surface area is 365 Å². The van der Waals surface area contributed by atoms with Crippen LogP contribution in [0.5, 0.6) is 0 Å². The summed E-state index contributed by atoms with van der Waals surface area (Å²) in [6.45, 7) is 4.39. The number of carbonyl (C=O) groups excluding carboxylic acids is 2. The summed E-state index contributed by atoms with van der Waals surface area (Å²) < 4.78 is 32.7. The first-order valence-electron chi connectivity index (χ1n) is 23.5. The van der Waals surface area contributed by atoms with E-state index in [0.717, 1.165) is 63.7 Å². The molecule has 0 bridgehead atoms. The molecule has 4 atom stereocenters. The molecule has 4 N–H and O–H groups in total. The lowest BCUT2D eigenvalue weighted by molar-refractivity contribution is -0.161. The van der Waals surface area contributed by atoms with E-state index in [-0.39, 0.29) is 25.6 Å². The van der Waals surface area contributed by atoms with Gasteiger partial charge in [0.15, 0.2) is 6.10 Å². The number of phosphoric acid groups is 1. The number of rotatable bonds is 43. The molecule has 0 radical (unpaired) electrons. The quantitative estimate of drug-likeness (QED) is 0.0199. The highest BCUT2D eigenvalue weighted by Gasteiger charge is 2.27. The Bertz CT molecular complexity index is 1170. The van der Waals surface area contributed by atoms with E-state index in [9.17, 15) is 29.3 Å². The molecular formula is C48H87O11P. The third-order valence-corrected chi connectivity index (χ3v) is 11.0. The Morgan fingerprint density at radius 3 is 1.50 bits per heavy atom. The zero-order valence-electron chi connectivity index (χ0n) is 37.9. The highest BCUT2D eigenvalue weighted by molar-refractivity contribution is 7.47. The van der Waals surface area contributed by atoms with Crippen molar-refractivity contribution in [3.63, 3.8) is 0 Å². The second-order valence-electron chi connectivity index (χ2n) is 16.4. The molecule has 0 aliphatic carbocycles. The number of hydrogen-bond acceptors (Lipinski definition) is 10. The Morgan fingerprint density at radius 2 is 1.00 bits per heavy atom. The number of aliphatic hydroxyl groups is 3. The molecule has 0 aromatic rings. The number of hydrogen-bond donors (Lipinski definition) is 4. The van der Waals surface area contributed by atoms with E-state index in [4.69, 9.17) is 19.1 Å². The van der Waals surface area contributed by atoms with Crippen LogP contribution >= 0.6 is 7.82 Å². The molecule has 0 rings (SSSR count). The smallest absolute Gasteiger partial charge is 0.462 e. The Kier molecular flexibility index (Phi) is 40.7. The van der Waals surface area contributed by atoms with Crippen LogP contribution < -0.4 is 0 Å². The number of ether oxygens (including phenoxy) is 2. The second kappa shape index (κ2) is 42.2. The van der Waals surface area contributed by atoms with Gasteiger partial charge in [0, 0.05) is 12.8 Å². The molecule has 0 saturated carbocycles. The van der Waals surface area contributed by atoms with Crippen LogP contribution in [0.2, 0.25) is 0 Å². The lowest BCUT2D eigenvalue weighted by atomic mass is 10.0. The maximum absolute atomic E-state index is 12.6. The molecule has 0 spiro atoms. The lowest BCUT2D eigenvalue weighted by Crippen LogP contribution is -2.29. The minimum atomic E-state index is -4.64. The minimum Gasteiger partial charge on any atom is -0.462 e. The zero-order chi connectivity index (χ0) is 44.4. The van der Waals surface area contributed by atoms with Crippen molar-refractivity contribution >= 4 is 19.8 Å². The number of unbranched alkanes of at least 4 members (excludes halogenated alkanes) is 16. The maximum atomic E-state index is 12.6. The summed E-state index contributed by atoms with van der Waals surface area (Å²) in [5, 5.41) is 27.9. The van der Waals surface area contributed by atoms with Gasteiger partial charge in [0.1, 0.15) is 12.7 Å². The third kappa shape index (κ3) is 42.6. The first kappa shape index (κ1) is 57.9. The van der Waals surface area contributed by atoms with Crippen molar-refractivity contribution in [2.45, 2.75) is 212 Å². The van der Waals surface area contributed by atoms with E-state index in [1.54, 1.807) is 0 Å². The number of carbonyl (C=O) groups is 2. The van der Waals surface area contributed by atoms with Gasteiger partial charge in [-0.1, -0.05) is 172 Å².